The number of nitrogens with zero attached hydrogens (tertiary/aromatic N) is 1. The molecular formula is C11H9NO4. The SMILES string of the molecule is CC(C)=C1OC(=O)c2ccc([N+](=O)[O-])cc21. The molecule has 0 amide bonds. The first-order valence-electron chi connectivity index (χ1n) is 4.69. The topological polar surface area (TPSA) is 69.4 Å². The molecule has 1 aliphatic rings. The molecule has 0 unspecified atom stereocenters. The Hall–Kier alpha value is -2.17. The van der Waals surface area contributed by atoms with E-state index in [1.54, 1.807) is 13.8 Å². The quantitative estimate of drug-likeness (QED) is 0.413. The first-order valence-corrected chi connectivity index (χ1v) is 4.69. The standard InChI is InChI=1S/C11H9NO4/c1-6(2)10-9-5-7(12(14)15)3-4-8(9)11(13)16-10/h3-5H,1-2H3. The van der Waals surface area contributed by atoms with Gasteiger partial charge in [-0.2, -0.15) is 0 Å². The molecule has 0 N–H and O–H groups in total. The number of benzene rings is 1. The molecular weight excluding hydrogens is 210 g/mol. The van der Waals surface area contributed by atoms with Crippen LogP contribution in [0, 0.1) is 10.1 Å². The Morgan fingerprint density at radius 1 is 1.31 bits per heavy atom. The summed E-state index contributed by atoms with van der Waals surface area (Å²) in [7, 11) is 0. The van der Waals surface area contributed by atoms with Crippen LogP contribution >= 0.6 is 0 Å². The summed E-state index contributed by atoms with van der Waals surface area (Å²) in [5.41, 5.74) is 1.64. The Morgan fingerprint density at radius 2 is 2.00 bits per heavy atom. The molecule has 2 rings (SSSR count). The van der Waals surface area contributed by atoms with Crippen LogP contribution in [0.25, 0.3) is 5.76 Å². The van der Waals surface area contributed by atoms with Crippen LogP contribution in [0.2, 0.25) is 0 Å². The molecule has 0 saturated carbocycles. The van der Waals surface area contributed by atoms with Crippen molar-refractivity contribution in [1.29, 1.82) is 0 Å². The largest absolute Gasteiger partial charge is 0.422 e. The van der Waals surface area contributed by atoms with E-state index in [2.05, 4.69) is 0 Å². The highest BCUT2D eigenvalue weighted by Crippen LogP contribution is 2.34. The zero-order chi connectivity index (χ0) is 11.9. The number of rotatable bonds is 1. The van der Waals surface area contributed by atoms with Crippen LogP contribution in [-0.2, 0) is 4.74 Å². The Labute approximate surface area is 91.5 Å². The normalized spacial score (nSPS) is 13.4. The number of non-ortho nitro benzene ring substituents is 1. The number of hydrogen-bond acceptors (Lipinski definition) is 4. The van der Waals surface area contributed by atoms with Gasteiger partial charge in [0.2, 0.25) is 0 Å². The fourth-order valence-corrected chi connectivity index (χ4v) is 1.59. The van der Waals surface area contributed by atoms with Crippen LogP contribution in [0.3, 0.4) is 0 Å². The molecule has 0 aliphatic carbocycles. The lowest BCUT2D eigenvalue weighted by Crippen LogP contribution is -1.94. The van der Waals surface area contributed by atoms with Gasteiger partial charge in [0.05, 0.1) is 10.5 Å². The third-order valence-electron chi connectivity index (χ3n) is 2.33. The fraction of sp³-hybridized carbons (Fsp3) is 0.182. The van der Waals surface area contributed by atoms with E-state index < -0.39 is 10.9 Å². The van der Waals surface area contributed by atoms with Gasteiger partial charge in [-0.05, 0) is 25.5 Å². The average Bonchev–Trinajstić information content (AvgIpc) is 2.56. The monoisotopic (exact) mass is 219 g/mol. The summed E-state index contributed by atoms with van der Waals surface area (Å²) in [6, 6.07) is 4.09. The highest BCUT2D eigenvalue weighted by molar-refractivity contribution is 6.03. The molecule has 82 valence electrons. The van der Waals surface area contributed by atoms with E-state index in [0.717, 1.165) is 5.57 Å². The number of fused-ring (bicyclic) bond motifs is 1. The van der Waals surface area contributed by atoms with Gasteiger partial charge in [0.25, 0.3) is 5.69 Å². The summed E-state index contributed by atoms with van der Waals surface area (Å²) in [6.07, 6.45) is 0. The number of ether oxygens (including phenoxy) is 1. The average molecular weight is 219 g/mol. The van der Waals surface area contributed by atoms with Crippen LogP contribution < -0.4 is 0 Å². The summed E-state index contributed by atoms with van der Waals surface area (Å²) in [4.78, 5) is 21.6. The molecule has 0 bridgehead atoms. The minimum Gasteiger partial charge on any atom is -0.422 e. The molecule has 5 nitrogen and oxygen atoms in total. The highest BCUT2D eigenvalue weighted by Gasteiger charge is 2.29. The lowest BCUT2D eigenvalue weighted by Gasteiger charge is -2.00. The number of cyclic esters (lactones) is 1. The van der Waals surface area contributed by atoms with Gasteiger partial charge in [-0.15, -0.1) is 0 Å². The highest BCUT2D eigenvalue weighted by atomic mass is 16.6. The summed E-state index contributed by atoms with van der Waals surface area (Å²) in [6.45, 7) is 3.58. The molecule has 0 aromatic heterocycles. The molecule has 0 radical (unpaired) electrons. The number of carbonyl (C=O) groups is 1. The Balaban J connectivity index is 2.66. The van der Waals surface area contributed by atoms with Crippen LogP contribution in [0.5, 0.6) is 0 Å². The van der Waals surface area contributed by atoms with Gasteiger partial charge in [-0.3, -0.25) is 10.1 Å². The summed E-state index contributed by atoms with van der Waals surface area (Å²) in [5, 5.41) is 10.6. The predicted molar refractivity (Wildman–Crippen MR) is 56.8 cm³/mol. The summed E-state index contributed by atoms with van der Waals surface area (Å²) < 4.78 is 5.05. The maximum Gasteiger partial charge on any atom is 0.344 e. The molecule has 0 spiro atoms. The molecule has 0 fully saturated rings. The minimum absolute atomic E-state index is 0.0456. The Bertz CT molecular complexity index is 527. The van der Waals surface area contributed by atoms with Crippen molar-refractivity contribution in [1.82, 2.24) is 0 Å². The molecule has 16 heavy (non-hydrogen) atoms. The van der Waals surface area contributed by atoms with Crippen molar-refractivity contribution in [3.05, 3.63) is 45.0 Å². The maximum atomic E-state index is 11.4. The van der Waals surface area contributed by atoms with Gasteiger partial charge in [0, 0.05) is 17.7 Å². The van der Waals surface area contributed by atoms with Crippen LogP contribution in [0.15, 0.2) is 23.8 Å². The second-order valence-electron chi connectivity index (χ2n) is 3.71. The van der Waals surface area contributed by atoms with E-state index in [4.69, 9.17) is 4.74 Å². The first kappa shape index (κ1) is 10.4. The van der Waals surface area contributed by atoms with Gasteiger partial charge in [0.1, 0.15) is 5.76 Å². The smallest absolute Gasteiger partial charge is 0.344 e. The molecule has 0 atom stereocenters. The first-order chi connectivity index (χ1) is 7.50. The predicted octanol–water partition coefficient (Wildman–Crippen LogP) is 2.52. The third kappa shape index (κ3) is 1.46. The number of hydrogen-bond donors (Lipinski definition) is 0. The van der Waals surface area contributed by atoms with E-state index in [1.165, 1.54) is 18.2 Å². The van der Waals surface area contributed by atoms with Crippen molar-refractivity contribution in [2.45, 2.75) is 13.8 Å². The lowest BCUT2D eigenvalue weighted by atomic mass is 10.1. The lowest BCUT2D eigenvalue weighted by molar-refractivity contribution is -0.384. The minimum atomic E-state index is -0.494. The molecule has 1 aromatic rings. The molecule has 0 saturated heterocycles. The van der Waals surface area contributed by atoms with Crippen LogP contribution in [-0.4, -0.2) is 10.9 Å². The number of nitro groups is 1. The number of carbonyl (C=O) groups excluding carboxylic acids is 1. The van der Waals surface area contributed by atoms with Crippen molar-refractivity contribution < 1.29 is 14.5 Å². The Morgan fingerprint density at radius 3 is 2.56 bits per heavy atom. The molecule has 1 aromatic carbocycles. The Kier molecular flexibility index (Phi) is 2.23. The van der Waals surface area contributed by atoms with Crippen molar-refractivity contribution in [3.8, 4) is 0 Å². The summed E-state index contributed by atoms with van der Waals surface area (Å²) in [5.74, 6) is -0.0372. The van der Waals surface area contributed by atoms with Gasteiger partial charge < -0.3 is 4.74 Å². The summed E-state index contributed by atoms with van der Waals surface area (Å²) >= 11 is 0. The number of nitro benzene ring substituents is 1. The van der Waals surface area contributed by atoms with Crippen molar-refractivity contribution in [2.75, 3.05) is 0 Å². The van der Waals surface area contributed by atoms with E-state index in [9.17, 15) is 14.9 Å². The molecule has 5 heteroatoms. The van der Waals surface area contributed by atoms with Gasteiger partial charge in [-0.25, -0.2) is 4.79 Å². The third-order valence-corrected chi connectivity index (χ3v) is 2.33. The zero-order valence-electron chi connectivity index (χ0n) is 8.81. The second kappa shape index (κ2) is 3.44. The zero-order valence-corrected chi connectivity index (χ0v) is 8.81. The fourth-order valence-electron chi connectivity index (χ4n) is 1.59. The molecule has 1 aliphatic heterocycles. The van der Waals surface area contributed by atoms with Crippen molar-refractivity contribution in [2.24, 2.45) is 0 Å². The second-order valence-corrected chi connectivity index (χ2v) is 3.71. The molecule has 1 heterocycles. The van der Waals surface area contributed by atoms with Gasteiger partial charge in [-0.1, -0.05) is 0 Å². The van der Waals surface area contributed by atoms with Crippen molar-refractivity contribution >= 4 is 17.4 Å². The van der Waals surface area contributed by atoms with Crippen LogP contribution in [0.4, 0.5) is 5.69 Å². The van der Waals surface area contributed by atoms with E-state index in [1.807, 2.05) is 0 Å². The van der Waals surface area contributed by atoms with Gasteiger partial charge >= 0.3 is 5.97 Å². The van der Waals surface area contributed by atoms with E-state index in [0.29, 0.717) is 16.9 Å². The maximum absolute atomic E-state index is 11.4. The van der Waals surface area contributed by atoms with E-state index in [-0.39, 0.29) is 5.69 Å². The van der Waals surface area contributed by atoms with Crippen molar-refractivity contribution in [3.63, 3.8) is 0 Å². The number of allylic oxidation sites excluding steroid dienone is 1. The number of esters is 1. The van der Waals surface area contributed by atoms with Crippen LogP contribution in [0.1, 0.15) is 29.8 Å². The van der Waals surface area contributed by atoms with Gasteiger partial charge in [0.15, 0.2) is 0 Å². The van der Waals surface area contributed by atoms with E-state index >= 15 is 0 Å².